The van der Waals surface area contributed by atoms with E-state index in [2.05, 4.69) is 5.32 Å². The van der Waals surface area contributed by atoms with E-state index in [0.29, 0.717) is 22.0 Å². The van der Waals surface area contributed by atoms with Gasteiger partial charge in [-0.1, -0.05) is 72.6 Å². The minimum Gasteiger partial charge on any atom is -0.352 e. The summed E-state index contributed by atoms with van der Waals surface area (Å²) >= 11 is 12.7. The van der Waals surface area contributed by atoms with E-state index in [0.717, 1.165) is 9.87 Å². The smallest absolute Gasteiger partial charge is 0.264 e. The lowest BCUT2D eigenvalue weighted by atomic mass is 10.1. The van der Waals surface area contributed by atoms with Gasteiger partial charge < -0.3 is 10.2 Å². The highest BCUT2D eigenvalue weighted by atomic mass is 35.5. The molecule has 7 nitrogen and oxygen atoms in total. The molecule has 3 aromatic carbocycles. The lowest BCUT2D eigenvalue weighted by Crippen LogP contribution is -2.52. The fourth-order valence-corrected chi connectivity index (χ4v) is 5.64. The van der Waals surface area contributed by atoms with Crippen molar-refractivity contribution >= 4 is 50.7 Å². The van der Waals surface area contributed by atoms with Crippen LogP contribution in [0.15, 0.2) is 77.7 Å². The highest BCUT2D eigenvalue weighted by Crippen LogP contribution is 2.29. The Bertz CT molecular complexity index is 1420. The van der Waals surface area contributed by atoms with Crippen LogP contribution in [0.4, 0.5) is 5.69 Å². The van der Waals surface area contributed by atoms with Gasteiger partial charge in [-0.25, -0.2) is 8.42 Å². The monoisotopic (exact) mass is 589 g/mol. The number of hydrogen-bond donors (Lipinski definition) is 1. The molecule has 0 aliphatic heterocycles. The maximum atomic E-state index is 13.9. The molecule has 39 heavy (non-hydrogen) atoms. The van der Waals surface area contributed by atoms with E-state index >= 15 is 0 Å². The van der Waals surface area contributed by atoms with Crippen molar-refractivity contribution in [1.29, 1.82) is 0 Å². The molecule has 0 unspecified atom stereocenters. The van der Waals surface area contributed by atoms with E-state index in [1.54, 1.807) is 68.4 Å². The average Bonchev–Trinajstić information content (AvgIpc) is 2.92. The van der Waals surface area contributed by atoms with Crippen LogP contribution in [0.5, 0.6) is 0 Å². The van der Waals surface area contributed by atoms with Crippen LogP contribution >= 0.6 is 23.2 Å². The summed E-state index contributed by atoms with van der Waals surface area (Å²) in [6, 6.07) is 18.7. The topological polar surface area (TPSA) is 86.8 Å². The first-order valence-corrected chi connectivity index (χ1v) is 14.8. The third kappa shape index (κ3) is 7.53. The average molecular weight is 591 g/mol. The van der Waals surface area contributed by atoms with Gasteiger partial charge in [0.2, 0.25) is 11.8 Å². The summed E-state index contributed by atoms with van der Waals surface area (Å²) in [4.78, 5) is 28.4. The zero-order valence-corrected chi connectivity index (χ0v) is 24.7. The molecule has 1 N–H and O–H groups in total. The molecule has 0 heterocycles. The Labute approximate surface area is 240 Å². The Kier molecular flexibility index (Phi) is 10.4. The fourth-order valence-electron chi connectivity index (χ4n) is 3.84. The van der Waals surface area contributed by atoms with Crippen molar-refractivity contribution < 1.29 is 18.0 Å². The van der Waals surface area contributed by atoms with Crippen molar-refractivity contribution in [2.24, 2.45) is 0 Å². The van der Waals surface area contributed by atoms with E-state index in [9.17, 15) is 18.0 Å². The molecule has 0 bridgehead atoms. The maximum absolute atomic E-state index is 13.9. The van der Waals surface area contributed by atoms with Gasteiger partial charge >= 0.3 is 0 Å². The molecule has 2 atom stereocenters. The van der Waals surface area contributed by atoms with Crippen molar-refractivity contribution in [1.82, 2.24) is 10.2 Å². The van der Waals surface area contributed by atoms with Crippen LogP contribution in [0.3, 0.4) is 0 Å². The summed E-state index contributed by atoms with van der Waals surface area (Å²) in [5, 5.41) is 3.70. The van der Waals surface area contributed by atoms with Crippen LogP contribution in [0.25, 0.3) is 0 Å². The lowest BCUT2D eigenvalue weighted by molar-refractivity contribution is -0.139. The second kappa shape index (κ2) is 13.3. The molecule has 0 aromatic heterocycles. The van der Waals surface area contributed by atoms with Gasteiger partial charge in [-0.2, -0.15) is 0 Å². The summed E-state index contributed by atoms with van der Waals surface area (Å²) in [5.74, 6) is -0.918. The molecule has 3 rings (SSSR count). The molecule has 208 valence electrons. The van der Waals surface area contributed by atoms with Crippen LogP contribution in [0.2, 0.25) is 10.0 Å². The van der Waals surface area contributed by atoms with Crippen molar-refractivity contribution in [2.75, 3.05) is 10.8 Å². The van der Waals surface area contributed by atoms with Crippen molar-refractivity contribution in [2.45, 2.75) is 57.6 Å². The zero-order chi connectivity index (χ0) is 28.7. The van der Waals surface area contributed by atoms with Crippen LogP contribution in [0.1, 0.15) is 38.3 Å². The van der Waals surface area contributed by atoms with Crippen LogP contribution in [-0.4, -0.2) is 43.8 Å². The van der Waals surface area contributed by atoms with E-state index in [1.807, 2.05) is 13.8 Å². The first-order chi connectivity index (χ1) is 18.4. The highest BCUT2D eigenvalue weighted by Gasteiger charge is 2.33. The summed E-state index contributed by atoms with van der Waals surface area (Å²) in [6.45, 7) is 6.70. The largest absolute Gasteiger partial charge is 0.352 e. The Balaban J connectivity index is 2.05. The summed E-state index contributed by atoms with van der Waals surface area (Å²) in [6.07, 6.45) is 0.716. The molecular formula is C29H33Cl2N3O4S. The lowest BCUT2D eigenvalue weighted by Gasteiger charge is -2.32. The number of carbonyl (C=O) groups is 2. The van der Waals surface area contributed by atoms with Gasteiger partial charge in [-0.3, -0.25) is 13.9 Å². The molecule has 0 aliphatic rings. The Morgan fingerprint density at radius 1 is 0.923 bits per heavy atom. The number of aryl methyl sites for hydroxylation is 1. The van der Waals surface area contributed by atoms with E-state index in [1.165, 1.54) is 23.1 Å². The zero-order valence-electron chi connectivity index (χ0n) is 22.4. The number of nitrogens with one attached hydrogen (secondary N) is 1. The third-order valence-corrected chi connectivity index (χ3v) is 9.08. The SMILES string of the molecule is CC[C@@H](C)NC(=O)[C@H](C)N(Cc1ccccc1Cl)C(=O)CN(c1ccc(C)c(Cl)c1)S(=O)(=O)c1ccccc1. The van der Waals surface area contributed by atoms with Gasteiger partial charge in [-0.05, 0) is 68.7 Å². The Morgan fingerprint density at radius 3 is 2.18 bits per heavy atom. The molecule has 0 saturated carbocycles. The predicted molar refractivity (Wildman–Crippen MR) is 157 cm³/mol. The predicted octanol–water partition coefficient (Wildman–Crippen LogP) is 5.83. The third-order valence-electron chi connectivity index (χ3n) is 6.52. The molecule has 0 saturated heterocycles. The second-order valence-electron chi connectivity index (χ2n) is 9.37. The van der Waals surface area contributed by atoms with Gasteiger partial charge in [0.1, 0.15) is 12.6 Å². The van der Waals surface area contributed by atoms with E-state index in [4.69, 9.17) is 23.2 Å². The minimum absolute atomic E-state index is 0.0154. The summed E-state index contributed by atoms with van der Waals surface area (Å²) < 4.78 is 28.6. The normalized spacial score (nSPS) is 12.9. The Hall–Kier alpha value is -3.07. The first kappa shape index (κ1) is 30.5. The van der Waals surface area contributed by atoms with Gasteiger partial charge in [-0.15, -0.1) is 0 Å². The fraction of sp³-hybridized carbons (Fsp3) is 0.310. The quantitative estimate of drug-likeness (QED) is 0.305. The number of benzene rings is 3. The molecule has 2 amide bonds. The molecule has 0 spiro atoms. The molecular weight excluding hydrogens is 557 g/mol. The van der Waals surface area contributed by atoms with Gasteiger partial charge in [0, 0.05) is 22.6 Å². The Morgan fingerprint density at radius 2 is 1.56 bits per heavy atom. The molecule has 0 fully saturated rings. The van der Waals surface area contributed by atoms with Crippen LogP contribution in [0, 0.1) is 6.92 Å². The van der Waals surface area contributed by atoms with Gasteiger partial charge in [0.15, 0.2) is 0 Å². The van der Waals surface area contributed by atoms with E-state index in [-0.39, 0.29) is 29.1 Å². The van der Waals surface area contributed by atoms with Gasteiger partial charge in [0.25, 0.3) is 10.0 Å². The number of rotatable bonds is 11. The number of carbonyl (C=O) groups excluding carboxylic acids is 2. The van der Waals surface area contributed by atoms with Gasteiger partial charge in [0.05, 0.1) is 10.6 Å². The number of anilines is 1. The minimum atomic E-state index is -4.16. The van der Waals surface area contributed by atoms with E-state index < -0.39 is 28.5 Å². The van der Waals surface area contributed by atoms with Crippen molar-refractivity contribution in [3.63, 3.8) is 0 Å². The number of hydrogen-bond acceptors (Lipinski definition) is 4. The molecule has 0 radical (unpaired) electrons. The highest BCUT2D eigenvalue weighted by molar-refractivity contribution is 7.92. The molecule has 3 aromatic rings. The van der Waals surface area contributed by atoms with Crippen LogP contribution in [-0.2, 0) is 26.2 Å². The maximum Gasteiger partial charge on any atom is 0.264 e. The summed E-state index contributed by atoms with van der Waals surface area (Å²) in [7, 11) is -4.16. The van der Waals surface area contributed by atoms with Crippen molar-refractivity contribution in [3.8, 4) is 0 Å². The second-order valence-corrected chi connectivity index (χ2v) is 12.0. The summed E-state index contributed by atoms with van der Waals surface area (Å²) in [5.41, 5.74) is 1.63. The number of nitrogens with zero attached hydrogens (tertiary/aromatic N) is 2. The first-order valence-electron chi connectivity index (χ1n) is 12.6. The number of halogens is 2. The van der Waals surface area contributed by atoms with Crippen molar-refractivity contribution in [3.05, 3.63) is 94.0 Å². The number of amides is 2. The molecule has 10 heteroatoms. The standard InChI is InChI=1S/C29H33Cl2N3O4S/c1-5-21(3)32-29(36)22(4)33(18-23-11-9-10-14-26(23)30)28(35)19-34(24-16-15-20(2)27(31)17-24)39(37,38)25-12-7-6-8-13-25/h6-17,21-22H,5,18-19H2,1-4H3,(H,32,36)/t21-,22+/m1/s1. The number of sulfonamides is 1. The molecule has 0 aliphatic carbocycles. The van der Waals surface area contributed by atoms with Crippen LogP contribution < -0.4 is 9.62 Å².